The minimum atomic E-state index is 0.573. The van der Waals surface area contributed by atoms with Crippen molar-refractivity contribution in [1.29, 1.82) is 5.41 Å². The highest BCUT2D eigenvalue weighted by molar-refractivity contribution is 5.88. The van der Waals surface area contributed by atoms with E-state index in [4.69, 9.17) is 11.1 Å². The summed E-state index contributed by atoms with van der Waals surface area (Å²) >= 11 is 0. The molecule has 7 nitrogen and oxygen atoms in total. The molecule has 3 heterocycles. The summed E-state index contributed by atoms with van der Waals surface area (Å²) < 4.78 is 1.94. The summed E-state index contributed by atoms with van der Waals surface area (Å²) in [6.07, 6.45) is 10.0. The number of imidazole rings is 1. The third-order valence-electron chi connectivity index (χ3n) is 3.91. The number of nitrogen functional groups attached to an aromatic ring is 1. The van der Waals surface area contributed by atoms with Gasteiger partial charge in [-0.3, -0.25) is 0 Å². The maximum absolute atomic E-state index is 7.37. The first-order chi connectivity index (χ1) is 12.2. The van der Waals surface area contributed by atoms with E-state index in [1.807, 2.05) is 41.1 Å². The number of pyridine rings is 1. The van der Waals surface area contributed by atoms with E-state index in [1.54, 1.807) is 18.5 Å². The molecule has 4 N–H and O–H groups in total. The van der Waals surface area contributed by atoms with Crippen LogP contribution in [0.3, 0.4) is 0 Å². The van der Waals surface area contributed by atoms with Crippen LogP contribution in [0.25, 0.3) is 16.8 Å². The molecule has 0 spiro atoms. The van der Waals surface area contributed by atoms with Gasteiger partial charge in [0.15, 0.2) is 5.65 Å². The summed E-state index contributed by atoms with van der Waals surface area (Å²) in [4.78, 5) is 12.5. The molecule has 122 valence electrons. The van der Waals surface area contributed by atoms with Gasteiger partial charge in [0.05, 0.1) is 5.69 Å². The Kier molecular flexibility index (Phi) is 3.59. The van der Waals surface area contributed by atoms with Gasteiger partial charge in [0.1, 0.15) is 12.1 Å². The van der Waals surface area contributed by atoms with Gasteiger partial charge in [-0.1, -0.05) is 12.1 Å². The predicted octanol–water partition coefficient (Wildman–Crippen LogP) is 3.11. The van der Waals surface area contributed by atoms with Crippen LogP contribution in [0.2, 0.25) is 0 Å². The number of aromatic nitrogens is 4. The first-order valence-corrected chi connectivity index (χ1v) is 7.65. The van der Waals surface area contributed by atoms with Crippen LogP contribution >= 0.6 is 0 Å². The zero-order valence-corrected chi connectivity index (χ0v) is 13.2. The lowest BCUT2D eigenvalue weighted by Crippen LogP contribution is -1.99. The SMILES string of the molecule is N=Cc1ccc(-c2cc(Nc3ccncn3)c3nccn3c2)cc1N. The van der Waals surface area contributed by atoms with Gasteiger partial charge in [-0.25, -0.2) is 15.0 Å². The molecule has 0 saturated heterocycles. The van der Waals surface area contributed by atoms with Crippen molar-refractivity contribution in [2.45, 2.75) is 0 Å². The molecule has 25 heavy (non-hydrogen) atoms. The monoisotopic (exact) mass is 329 g/mol. The van der Waals surface area contributed by atoms with Crippen molar-refractivity contribution in [1.82, 2.24) is 19.4 Å². The average molecular weight is 329 g/mol. The minimum absolute atomic E-state index is 0.573. The molecule has 0 radical (unpaired) electrons. The zero-order valence-electron chi connectivity index (χ0n) is 13.2. The highest BCUT2D eigenvalue weighted by Crippen LogP contribution is 2.29. The van der Waals surface area contributed by atoms with Crippen molar-refractivity contribution < 1.29 is 0 Å². The molecule has 0 atom stereocenters. The number of anilines is 3. The quantitative estimate of drug-likeness (QED) is 0.394. The molecule has 3 aromatic heterocycles. The Bertz CT molecular complexity index is 1050. The zero-order chi connectivity index (χ0) is 17.2. The average Bonchev–Trinajstić information content (AvgIpc) is 3.11. The first-order valence-electron chi connectivity index (χ1n) is 7.65. The molecule has 0 aliphatic heterocycles. The number of hydrogen-bond donors (Lipinski definition) is 3. The Morgan fingerprint density at radius 2 is 2.00 bits per heavy atom. The number of nitrogens with zero attached hydrogens (tertiary/aromatic N) is 4. The minimum Gasteiger partial charge on any atom is -0.398 e. The molecular formula is C18H15N7. The summed E-state index contributed by atoms with van der Waals surface area (Å²) in [6.45, 7) is 0. The third-order valence-corrected chi connectivity index (χ3v) is 3.91. The molecule has 1 aromatic carbocycles. The Hall–Kier alpha value is -3.74. The van der Waals surface area contributed by atoms with Crippen LogP contribution in [0.1, 0.15) is 5.56 Å². The van der Waals surface area contributed by atoms with Crippen LogP contribution in [0.5, 0.6) is 0 Å². The van der Waals surface area contributed by atoms with E-state index in [9.17, 15) is 0 Å². The van der Waals surface area contributed by atoms with Crippen molar-refractivity contribution >= 4 is 29.1 Å². The van der Waals surface area contributed by atoms with Gasteiger partial charge in [-0.05, 0) is 23.8 Å². The van der Waals surface area contributed by atoms with Crippen molar-refractivity contribution in [3.8, 4) is 11.1 Å². The predicted molar refractivity (Wildman–Crippen MR) is 98.2 cm³/mol. The summed E-state index contributed by atoms with van der Waals surface area (Å²) in [5.41, 5.74) is 10.9. The molecule has 4 rings (SSSR count). The number of benzene rings is 1. The summed E-state index contributed by atoms with van der Waals surface area (Å²) in [5, 5.41) is 10.6. The topological polar surface area (TPSA) is 105 Å². The Morgan fingerprint density at radius 1 is 1.08 bits per heavy atom. The van der Waals surface area contributed by atoms with Gasteiger partial charge in [0.2, 0.25) is 0 Å². The van der Waals surface area contributed by atoms with E-state index in [1.165, 1.54) is 12.5 Å². The Labute approximate surface area is 143 Å². The van der Waals surface area contributed by atoms with Gasteiger partial charge in [0, 0.05) is 47.8 Å². The van der Waals surface area contributed by atoms with Crippen LogP contribution in [-0.4, -0.2) is 25.6 Å². The van der Waals surface area contributed by atoms with Gasteiger partial charge in [-0.2, -0.15) is 0 Å². The summed E-state index contributed by atoms with van der Waals surface area (Å²) in [6, 6.07) is 9.45. The molecule has 0 aliphatic carbocycles. The highest BCUT2D eigenvalue weighted by atomic mass is 15.1. The fourth-order valence-electron chi connectivity index (χ4n) is 2.67. The molecule has 7 heteroatoms. The van der Waals surface area contributed by atoms with Crippen LogP contribution in [0.15, 0.2) is 61.4 Å². The fraction of sp³-hybridized carbons (Fsp3) is 0. The number of fused-ring (bicyclic) bond motifs is 1. The summed E-state index contributed by atoms with van der Waals surface area (Å²) in [7, 11) is 0. The molecule has 0 saturated carbocycles. The van der Waals surface area contributed by atoms with E-state index in [0.29, 0.717) is 17.1 Å². The second kappa shape index (κ2) is 6.04. The van der Waals surface area contributed by atoms with Crippen molar-refractivity contribution in [3.63, 3.8) is 0 Å². The highest BCUT2D eigenvalue weighted by Gasteiger charge is 2.09. The van der Waals surface area contributed by atoms with E-state index < -0.39 is 0 Å². The van der Waals surface area contributed by atoms with Crippen LogP contribution in [0.4, 0.5) is 17.2 Å². The maximum atomic E-state index is 7.37. The van der Waals surface area contributed by atoms with Crippen LogP contribution in [-0.2, 0) is 0 Å². The first kappa shape index (κ1) is 14.8. The molecule has 0 unspecified atom stereocenters. The Morgan fingerprint density at radius 3 is 2.76 bits per heavy atom. The molecule has 0 fully saturated rings. The van der Waals surface area contributed by atoms with Gasteiger partial charge in [0.25, 0.3) is 0 Å². The number of hydrogen-bond acceptors (Lipinski definition) is 6. The van der Waals surface area contributed by atoms with Crippen molar-refractivity contribution in [2.24, 2.45) is 0 Å². The third kappa shape index (κ3) is 2.78. The summed E-state index contributed by atoms with van der Waals surface area (Å²) in [5.74, 6) is 0.690. The Balaban J connectivity index is 1.82. The second-order valence-corrected chi connectivity index (χ2v) is 5.51. The lowest BCUT2D eigenvalue weighted by Gasteiger charge is -2.11. The molecule has 4 aromatic rings. The molecule has 0 amide bonds. The lowest BCUT2D eigenvalue weighted by molar-refractivity contribution is 1.16. The van der Waals surface area contributed by atoms with Crippen LogP contribution in [0, 0.1) is 5.41 Å². The van der Waals surface area contributed by atoms with E-state index in [0.717, 1.165) is 22.5 Å². The smallest absolute Gasteiger partial charge is 0.160 e. The van der Waals surface area contributed by atoms with Crippen molar-refractivity contribution in [2.75, 3.05) is 11.1 Å². The number of nitrogens with two attached hydrogens (primary N) is 1. The standard InChI is InChI=1S/C18H15N7/c19-9-13-2-1-12(7-15(13)20)14-8-16(18-22-5-6-25(18)10-14)24-17-3-4-21-11-23-17/h1-11,19H,20H2,(H,21,23,24). The lowest BCUT2D eigenvalue weighted by atomic mass is 10.0. The van der Waals surface area contributed by atoms with Crippen LogP contribution < -0.4 is 11.1 Å². The maximum Gasteiger partial charge on any atom is 0.160 e. The largest absolute Gasteiger partial charge is 0.398 e. The van der Waals surface area contributed by atoms with E-state index in [-0.39, 0.29) is 0 Å². The van der Waals surface area contributed by atoms with Crippen molar-refractivity contribution in [3.05, 3.63) is 67.0 Å². The number of rotatable bonds is 4. The fourth-order valence-corrected chi connectivity index (χ4v) is 2.67. The molecular weight excluding hydrogens is 314 g/mol. The van der Waals surface area contributed by atoms with E-state index in [2.05, 4.69) is 20.3 Å². The second-order valence-electron chi connectivity index (χ2n) is 5.51. The van der Waals surface area contributed by atoms with E-state index >= 15 is 0 Å². The van der Waals surface area contributed by atoms with Gasteiger partial charge >= 0.3 is 0 Å². The number of nitrogens with one attached hydrogen (secondary N) is 2. The molecule has 0 bridgehead atoms. The normalized spacial score (nSPS) is 10.7. The molecule has 0 aliphatic rings. The van der Waals surface area contributed by atoms with Gasteiger partial charge in [-0.15, -0.1) is 0 Å². The van der Waals surface area contributed by atoms with Gasteiger partial charge < -0.3 is 20.9 Å².